The van der Waals surface area contributed by atoms with Crippen molar-refractivity contribution in [1.82, 2.24) is 9.78 Å². The molecule has 4 rings (SSSR count). The summed E-state index contributed by atoms with van der Waals surface area (Å²) in [5.74, 6) is -4.36. The van der Waals surface area contributed by atoms with Crippen LogP contribution in [-0.4, -0.2) is 46.5 Å². The van der Waals surface area contributed by atoms with E-state index in [1.807, 2.05) is 0 Å². The maximum atomic E-state index is 13.1. The zero-order valence-electron chi connectivity index (χ0n) is 17.7. The number of aromatic carboxylic acids is 1. The summed E-state index contributed by atoms with van der Waals surface area (Å²) in [6.45, 7) is 0.436. The zero-order valence-corrected chi connectivity index (χ0v) is 19.4. The Morgan fingerprint density at radius 2 is 1.69 bits per heavy atom. The Balaban J connectivity index is 0.000000454. The molecule has 2 heterocycles. The third-order valence-corrected chi connectivity index (χ3v) is 6.95. The number of carboxylic acid groups (broad SMARTS) is 2. The molecular formula is C21H15F4N3O6S2. The number of nitrogens with one attached hydrogen (secondary N) is 1. The van der Waals surface area contributed by atoms with Crippen molar-refractivity contribution in [2.75, 3.05) is 4.72 Å². The van der Waals surface area contributed by atoms with Crippen molar-refractivity contribution in [3.63, 3.8) is 0 Å². The number of hydrogen-bond donors (Lipinski definition) is 3. The van der Waals surface area contributed by atoms with Crippen molar-refractivity contribution < 1.29 is 45.8 Å². The molecule has 2 aromatic heterocycles. The van der Waals surface area contributed by atoms with Crippen LogP contribution < -0.4 is 4.72 Å². The van der Waals surface area contributed by atoms with Gasteiger partial charge in [0.25, 0.3) is 10.0 Å². The number of aliphatic carboxylic acids is 1. The van der Waals surface area contributed by atoms with Crippen LogP contribution >= 0.6 is 11.3 Å². The van der Waals surface area contributed by atoms with Gasteiger partial charge in [-0.3, -0.25) is 9.40 Å². The first-order chi connectivity index (χ1) is 16.8. The first kappa shape index (κ1) is 26.6. The number of carboxylic acids is 2. The fourth-order valence-electron chi connectivity index (χ4n) is 2.91. The molecule has 0 radical (unpaired) electrons. The van der Waals surface area contributed by atoms with Crippen LogP contribution in [-0.2, 0) is 21.4 Å². The number of benzene rings is 2. The van der Waals surface area contributed by atoms with Gasteiger partial charge in [0.05, 0.1) is 18.3 Å². The van der Waals surface area contributed by atoms with Crippen LogP contribution in [0.25, 0.3) is 10.9 Å². The van der Waals surface area contributed by atoms with Crippen LogP contribution in [0, 0.1) is 5.82 Å². The van der Waals surface area contributed by atoms with Crippen LogP contribution in [0.5, 0.6) is 0 Å². The molecule has 3 N–H and O–H groups in total. The van der Waals surface area contributed by atoms with Crippen molar-refractivity contribution in [3.05, 3.63) is 76.4 Å². The van der Waals surface area contributed by atoms with Crippen molar-refractivity contribution in [2.24, 2.45) is 0 Å². The number of halogens is 4. The number of nitrogens with zero attached hydrogens (tertiary/aromatic N) is 2. The van der Waals surface area contributed by atoms with E-state index in [2.05, 4.69) is 9.82 Å². The average molecular weight is 545 g/mol. The normalized spacial score (nSPS) is 11.6. The molecule has 0 aliphatic heterocycles. The second-order valence-corrected chi connectivity index (χ2v) is 9.60. The van der Waals surface area contributed by atoms with Gasteiger partial charge < -0.3 is 10.2 Å². The van der Waals surface area contributed by atoms with Gasteiger partial charge in [0.15, 0.2) is 0 Å². The highest BCUT2D eigenvalue weighted by Crippen LogP contribution is 2.26. The maximum Gasteiger partial charge on any atom is 0.490 e. The highest BCUT2D eigenvalue weighted by molar-refractivity contribution is 7.93. The molecule has 0 fully saturated rings. The third-order valence-electron chi connectivity index (χ3n) is 4.49. The van der Waals surface area contributed by atoms with Crippen molar-refractivity contribution in [3.8, 4) is 0 Å². The number of hydrogen-bond acceptors (Lipinski definition) is 6. The van der Waals surface area contributed by atoms with Crippen LogP contribution in [0.4, 0.5) is 23.2 Å². The molecule has 0 unspecified atom stereocenters. The summed E-state index contributed by atoms with van der Waals surface area (Å²) in [4.78, 5) is 19.6. The number of fused-ring (bicyclic) bond motifs is 1. The van der Waals surface area contributed by atoms with E-state index in [0.29, 0.717) is 17.6 Å². The predicted molar refractivity (Wildman–Crippen MR) is 121 cm³/mol. The van der Waals surface area contributed by atoms with Gasteiger partial charge in [-0.05, 0) is 47.3 Å². The second-order valence-electron chi connectivity index (χ2n) is 7.03. The second kappa shape index (κ2) is 10.3. The standard InChI is InChI=1S/C19H14FN3O4S2.C2HF3O2/c20-14-3-1-12(2-4-14)11-23-16-6-5-15(9-13(16)10-21-23)22-29(26,27)17-7-8-28-18(17)19(24)25;3-2(4,5)1(6)7/h1-10,22H,11H2,(H,24,25);(H,6,7). The lowest BCUT2D eigenvalue weighted by Gasteiger charge is -2.08. The van der Waals surface area contributed by atoms with Gasteiger partial charge in [-0.2, -0.15) is 18.3 Å². The summed E-state index contributed by atoms with van der Waals surface area (Å²) < 4.78 is 74.1. The van der Waals surface area contributed by atoms with Gasteiger partial charge in [0.1, 0.15) is 15.6 Å². The largest absolute Gasteiger partial charge is 0.490 e. The number of carbonyl (C=O) groups is 2. The molecule has 2 aromatic carbocycles. The van der Waals surface area contributed by atoms with Gasteiger partial charge in [-0.25, -0.2) is 22.4 Å². The number of aromatic nitrogens is 2. The number of rotatable bonds is 6. The van der Waals surface area contributed by atoms with Gasteiger partial charge in [0.2, 0.25) is 0 Å². The van der Waals surface area contributed by atoms with Gasteiger partial charge in [0, 0.05) is 11.1 Å². The molecule has 190 valence electrons. The Hall–Kier alpha value is -3.98. The maximum absolute atomic E-state index is 13.1. The topological polar surface area (TPSA) is 139 Å². The number of alkyl halides is 3. The van der Waals surface area contributed by atoms with Crippen molar-refractivity contribution >= 4 is 49.9 Å². The van der Waals surface area contributed by atoms with E-state index in [1.165, 1.54) is 23.6 Å². The van der Waals surface area contributed by atoms with E-state index in [9.17, 15) is 30.8 Å². The molecule has 36 heavy (non-hydrogen) atoms. The lowest BCUT2D eigenvalue weighted by atomic mass is 10.2. The summed E-state index contributed by atoms with van der Waals surface area (Å²) in [5.41, 5.74) is 1.94. The lowest BCUT2D eigenvalue weighted by molar-refractivity contribution is -0.192. The fraction of sp³-hybridized carbons (Fsp3) is 0.0952. The lowest BCUT2D eigenvalue weighted by Crippen LogP contribution is -2.21. The SMILES string of the molecule is O=C(O)C(F)(F)F.O=C(O)c1sccc1S(=O)(=O)Nc1ccc2c(cnn2Cc2ccc(F)cc2)c1. The molecule has 0 atom stereocenters. The van der Waals surface area contributed by atoms with Gasteiger partial charge >= 0.3 is 18.1 Å². The minimum absolute atomic E-state index is 0.245. The van der Waals surface area contributed by atoms with E-state index < -0.39 is 28.1 Å². The summed E-state index contributed by atoms with van der Waals surface area (Å²) in [6, 6.07) is 12.3. The Morgan fingerprint density at radius 3 is 2.28 bits per heavy atom. The fourth-order valence-corrected chi connectivity index (χ4v) is 5.23. The zero-order chi connectivity index (χ0) is 26.7. The smallest absolute Gasteiger partial charge is 0.477 e. The average Bonchev–Trinajstić information content (AvgIpc) is 3.43. The quantitative estimate of drug-likeness (QED) is 0.305. The Labute approximate surface area is 204 Å². The van der Waals surface area contributed by atoms with Crippen molar-refractivity contribution in [2.45, 2.75) is 17.6 Å². The highest BCUT2D eigenvalue weighted by atomic mass is 32.2. The molecule has 0 amide bonds. The molecule has 9 nitrogen and oxygen atoms in total. The Kier molecular flexibility index (Phi) is 7.64. The van der Waals surface area contributed by atoms with Crippen LogP contribution in [0.1, 0.15) is 15.2 Å². The van der Waals surface area contributed by atoms with Crippen LogP contribution in [0.3, 0.4) is 0 Å². The van der Waals surface area contributed by atoms with Crippen LogP contribution in [0.2, 0.25) is 0 Å². The van der Waals surface area contributed by atoms with Crippen molar-refractivity contribution in [1.29, 1.82) is 0 Å². The molecule has 0 aliphatic carbocycles. The molecule has 15 heteroatoms. The molecule has 0 saturated carbocycles. The van der Waals surface area contributed by atoms with E-state index in [-0.39, 0.29) is 15.6 Å². The predicted octanol–water partition coefficient (Wildman–Crippen LogP) is 4.42. The summed E-state index contributed by atoms with van der Waals surface area (Å²) >= 11 is 0.847. The summed E-state index contributed by atoms with van der Waals surface area (Å²) in [6.07, 6.45) is -3.48. The number of thiophene rings is 1. The molecule has 0 bridgehead atoms. The Bertz CT molecular complexity index is 1510. The summed E-state index contributed by atoms with van der Waals surface area (Å²) in [7, 11) is -4.04. The first-order valence-electron chi connectivity index (χ1n) is 9.61. The van der Waals surface area contributed by atoms with E-state index in [4.69, 9.17) is 15.0 Å². The van der Waals surface area contributed by atoms with E-state index in [1.54, 1.807) is 41.2 Å². The highest BCUT2D eigenvalue weighted by Gasteiger charge is 2.38. The van der Waals surface area contributed by atoms with Gasteiger partial charge in [-0.1, -0.05) is 12.1 Å². The monoisotopic (exact) mass is 545 g/mol. The minimum Gasteiger partial charge on any atom is -0.477 e. The first-order valence-corrected chi connectivity index (χ1v) is 12.0. The molecule has 0 spiro atoms. The molecular weight excluding hydrogens is 530 g/mol. The van der Waals surface area contributed by atoms with Crippen LogP contribution in [0.15, 0.2) is 65.0 Å². The minimum atomic E-state index is -5.08. The third kappa shape index (κ3) is 6.37. The number of anilines is 1. The number of sulfonamides is 1. The van der Waals surface area contributed by atoms with E-state index in [0.717, 1.165) is 22.4 Å². The van der Waals surface area contributed by atoms with E-state index >= 15 is 0 Å². The Morgan fingerprint density at radius 1 is 1.06 bits per heavy atom. The van der Waals surface area contributed by atoms with Gasteiger partial charge in [-0.15, -0.1) is 11.3 Å². The molecule has 0 aliphatic rings. The summed E-state index contributed by atoms with van der Waals surface area (Å²) in [5, 5.41) is 22.7. The molecule has 4 aromatic rings. The molecule has 0 saturated heterocycles.